The van der Waals surface area contributed by atoms with E-state index >= 15 is 0 Å². The standard InChI is InChI=1S/C18H24N2S/c1-15-7-8-18(21-15)13-19-10-12-20-11-9-17(14-20)16-5-3-2-4-6-16/h2-8,17,19H,9-14H2,1H3. The summed E-state index contributed by atoms with van der Waals surface area (Å²) in [7, 11) is 0. The summed E-state index contributed by atoms with van der Waals surface area (Å²) in [6.45, 7) is 7.87. The van der Waals surface area contributed by atoms with Crippen molar-refractivity contribution in [1.82, 2.24) is 10.2 Å². The number of hydrogen-bond donors (Lipinski definition) is 1. The summed E-state index contributed by atoms with van der Waals surface area (Å²) in [5.74, 6) is 0.728. The van der Waals surface area contributed by atoms with Gasteiger partial charge in [-0.2, -0.15) is 0 Å². The Kier molecular flexibility index (Phi) is 5.07. The maximum atomic E-state index is 3.57. The van der Waals surface area contributed by atoms with Gasteiger partial charge in [0.2, 0.25) is 0 Å². The Hall–Kier alpha value is -1.16. The summed E-state index contributed by atoms with van der Waals surface area (Å²) < 4.78 is 0. The van der Waals surface area contributed by atoms with Crippen LogP contribution in [0.3, 0.4) is 0 Å². The minimum atomic E-state index is 0.728. The molecule has 1 aliphatic rings. The van der Waals surface area contributed by atoms with Crippen LogP contribution in [-0.2, 0) is 6.54 Å². The van der Waals surface area contributed by atoms with Crippen molar-refractivity contribution in [2.24, 2.45) is 0 Å². The fourth-order valence-corrected chi connectivity index (χ4v) is 3.92. The van der Waals surface area contributed by atoms with Gasteiger partial charge in [-0.1, -0.05) is 30.3 Å². The zero-order valence-electron chi connectivity index (χ0n) is 12.7. The van der Waals surface area contributed by atoms with Crippen molar-refractivity contribution in [3.8, 4) is 0 Å². The van der Waals surface area contributed by atoms with Crippen LogP contribution in [0.25, 0.3) is 0 Å². The monoisotopic (exact) mass is 300 g/mol. The van der Waals surface area contributed by atoms with E-state index < -0.39 is 0 Å². The Balaban J connectivity index is 1.37. The van der Waals surface area contributed by atoms with E-state index in [1.807, 2.05) is 11.3 Å². The van der Waals surface area contributed by atoms with Crippen LogP contribution in [0.4, 0.5) is 0 Å². The molecule has 3 rings (SSSR count). The highest BCUT2D eigenvalue weighted by Gasteiger charge is 2.22. The molecule has 0 saturated carbocycles. The first kappa shape index (κ1) is 14.8. The Bertz CT molecular complexity index is 549. The molecule has 1 saturated heterocycles. The van der Waals surface area contributed by atoms with Gasteiger partial charge in [0, 0.05) is 35.9 Å². The zero-order valence-corrected chi connectivity index (χ0v) is 13.5. The highest BCUT2D eigenvalue weighted by molar-refractivity contribution is 7.11. The molecule has 21 heavy (non-hydrogen) atoms. The van der Waals surface area contributed by atoms with Gasteiger partial charge in [-0.05, 0) is 43.5 Å². The second-order valence-electron chi connectivity index (χ2n) is 5.89. The Labute approximate surface area is 131 Å². The van der Waals surface area contributed by atoms with Crippen molar-refractivity contribution in [2.45, 2.75) is 25.8 Å². The van der Waals surface area contributed by atoms with E-state index in [9.17, 15) is 0 Å². The predicted molar refractivity (Wildman–Crippen MR) is 91.0 cm³/mol. The van der Waals surface area contributed by atoms with Crippen molar-refractivity contribution in [3.63, 3.8) is 0 Å². The van der Waals surface area contributed by atoms with Crippen LogP contribution in [0.2, 0.25) is 0 Å². The molecule has 2 heterocycles. The van der Waals surface area contributed by atoms with Gasteiger partial charge in [-0.3, -0.25) is 0 Å². The topological polar surface area (TPSA) is 15.3 Å². The minimum absolute atomic E-state index is 0.728. The van der Waals surface area contributed by atoms with E-state index in [4.69, 9.17) is 0 Å². The van der Waals surface area contributed by atoms with Crippen molar-refractivity contribution >= 4 is 11.3 Å². The zero-order chi connectivity index (χ0) is 14.5. The minimum Gasteiger partial charge on any atom is -0.311 e. The normalized spacial score (nSPS) is 19.2. The first-order valence-corrected chi connectivity index (χ1v) is 8.66. The van der Waals surface area contributed by atoms with Gasteiger partial charge >= 0.3 is 0 Å². The highest BCUT2D eigenvalue weighted by Crippen LogP contribution is 2.26. The summed E-state index contributed by atoms with van der Waals surface area (Å²) >= 11 is 1.89. The van der Waals surface area contributed by atoms with Crippen molar-refractivity contribution < 1.29 is 0 Å². The van der Waals surface area contributed by atoms with Gasteiger partial charge in [-0.15, -0.1) is 11.3 Å². The molecular formula is C18H24N2S. The maximum absolute atomic E-state index is 3.57. The van der Waals surface area contributed by atoms with Crippen LogP contribution < -0.4 is 5.32 Å². The van der Waals surface area contributed by atoms with E-state index in [1.165, 1.54) is 34.8 Å². The number of likely N-dealkylation sites (tertiary alicyclic amines) is 1. The van der Waals surface area contributed by atoms with Crippen molar-refractivity contribution in [3.05, 3.63) is 57.8 Å². The number of thiophene rings is 1. The number of aryl methyl sites for hydroxylation is 1. The van der Waals surface area contributed by atoms with Gasteiger partial charge in [-0.25, -0.2) is 0 Å². The van der Waals surface area contributed by atoms with Crippen LogP contribution in [-0.4, -0.2) is 31.1 Å². The van der Waals surface area contributed by atoms with Gasteiger partial charge in [0.1, 0.15) is 0 Å². The van der Waals surface area contributed by atoms with E-state index in [2.05, 4.69) is 59.6 Å². The number of hydrogen-bond acceptors (Lipinski definition) is 3. The van der Waals surface area contributed by atoms with E-state index in [1.54, 1.807) is 0 Å². The Morgan fingerprint density at radius 2 is 2.05 bits per heavy atom. The second-order valence-corrected chi connectivity index (χ2v) is 7.26. The number of benzene rings is 1. The third-order valence-corrected chi connectivity index (χ3v) is 5.24. The smallest absolute Gasteiger partial charge is 0.0300 e. The average molecular weight is 300 g/mol. The third-order valence-electron chi connectivity index (χ3n) is 4.24. The van der Waals surface area contributed by atoms with Crippen molar-refractivity contribution in [1.29, 1.82) is 0 Å². The molecule has 2 nitrogen and oxygen atoms in total. The van der Waals surface area contributed by atoms with Crippen LogP contribution in [0.1, 0.15) is 27.7 Å². The molecule has 1 aliphatic heterocycles. The molecule has 1 aromatic heterocycles. The van der Waals surface area contributed by atoms with Gasteiger partial charge in [0.15, 0.2) is 0 Å². The lowest BCUT2D eigenvalue weighted by molar-refractivity contribution is 0.331. The molecule has 3 heteroatoms. The number of rotatable bonds is 6. The molecule has 1 unspecified atom stereocenters. The molecule has 0 radical (unpaired) electrons. The fraction of sp³-hybridized carbons (Fsp3) is 0.444. The SMILES string of the molecule is Cc1ccc(CNCCN2CCC(c3ccccc3)C2)s1. The summed E-state index contributed by atoms with van der Waals surface area (Å²) in [4.78, 5) is 5.43. The van der Waals surface area contributed by atoms with Crippen molar-refractivity contribution in [2.75, 3.05) is 26.2 Å². The summed E-state index contributed by atoms with van der Waals surface area (Å²) in [6.07, 6.45) is 1.30. The summed E-state index contributed by atoms with van der Waals surface area (Å²) in [5.41, 5.74) is 1.50. The molecule has 0 bridgehead atoms. The molecule has 112 valence electrons. The number of nitrogens with zero attached hydrogens (tertiary/aromatic N) is 1. The van der Waals surface area contributed by atoms with E-state index in [0.29, 0.717) is 0 Å². The first-order chi connectivity index (χ1) is 10.3. The lowest BCUT2D eigenvalue weighted by atomic mass is 9.99. The van der Waals surface area contributed by atoms with Crippen LogP contribution >= 0.6 is 11.3 Å². The molecule has 0 aliphatic carbocycles. The number of nitrogens with one attached hydrogen (secondary N) is 1. The largest absolute Gasteiger partial charge is 0.311 e. The lowest BCUT2D eigenvalue weighted by Crippen LogP contribution is -2.30. The molecule has 0 spiro atoms. The average Bonchev–Trinajstić information content (AvgIpc) is 3.14. The Morgan fingerprint density at radius 1 is 1.19 bits per heavy atom. The Morgan fingerprint density at radius 3 is 2.81 bits per heavy atom. The third kappa shape index (κ3) is 4.16. The fourth-order valence-electron chi connectivity index (χ4n) is 3.06. The molecule has 1 N–H and O–H groups in total. The first-order valence-electron chi connectivity index (χ1n) is 7.84. The molecule has 1 atom stereocenters. The maximum Gasteiger partial charge on any atom is 0.0300 e. The van der Waals surface area contributed by atoms with Gasteiger partial charge in [0.25, 0.3) is 0 Å². The molecule has 1 aromatic carbocycles. The molecule has 1 fully saturated rings. The summed E-state index contributed by atoms with van der Waals surface area (Å²) in [6, 6.07) is 15.4. The molecular weight excluding hydrogens is 276 g/mol. The second kappa shape index (κ2) is 7.21. The molecule has 0 amide bonds. The molecule has 2 aromatic rings. The van der Waals surface area contributed by atoms with E-state index in [-0.39, 0.29) is 0 Å². The van der Waals surface area contributed by atoms with Gasteiger partial charge in [0.05, 0.1) is 0 Å². The van der Waals surface area contributed by atoms with Crippen LogP contribution in [0.5, 0.6) is 0 Å². The summed E-state index contributed by atoms with van der Waals surface area (Å²) in [5, 5.41) is 3.57. The van der Waals surface area contributed by atoms with E-state index in [0.717, 1.165) is 25.6 Å². The lowest BCUT2D eigenvalue weighted by Gasteiger charge is -2.16. The highest BCUT2D eigenvalue weighted by atomic mass is 32.1. The van der Waals surface area contributed by atoms with Crippen LogP contribution in [0, 0.1) is 6.92 Å². The van der Waals surface area contributed by atoms with Crippen LogP contribution in [0.15, 0.2) is 42.5 Å². The van der Waals surface area contributed by atoms with Gasteiger partial charge < -0.3 is 10.2 Å². The predicted octanol–water partition coefficient (Wildman–Crippen LogP) is 3.64. The quantitative estimate of drug-likeness (QED) is 0.820.